The quantitative estimate of drug-likeness (QED) is 0.779. The molecule has 0 saturated carbocycles. The normalized spacial score (nSPS) is 22.1. The van der Waals surface area contributed by atoms with Crippen LogP contribution in [0.5, 0.6) is 0 Å². The van der Waals surface area contributed by atoms with Gasteiger partial charge in [0.25, 0.3) is 0 Å². The zero-order valence-corrected chi connectivity index (χ0v) is 12.0. The van der Waals surface area contributed by atoms with Gasteiger partial charge < -0.3 is 10.2 Å². The predicted molar refractivity (Wildman–Crippen MR) is 79.0 cm³/mol. The Hall–Kier alpha value is -1.84. The lowest BCUT2D eigenvalue weighted by Crippen LogP contribution is -2.43. The highest BCUT2D eigenvalue weighted by Gasteiger charge is 2.29. The molecule has 1 fully saturated rings. The lowest BCUT2D eigenvalue weighted by Gasteiger charge is -2.19. The van der Waals surface area contributed by atoms with Gasteiger partial charge in [0.15, 0.2) is 0 Å². The summed E-state index contributed by atoms with van der Waals surface area (Å²) in [4.78, 5) is 24.5. The Balaban J connectivity index is 1.85. The first-order valence-electron chi connectivity index (χ1n) is 7.29. The van der Waals surface area contributed by atoms with Gasteiger partial charge in [0.1, 0.15) is 6.04 Å². The zero-order chi connectivity index (χ0) is 14.4. The van der Waals surface area contributed by atoms with Crippen molar-refractivity contribution in [3.05, 3.63) is 35.5 Å². The third kappa shape index (κ3) is 3.59. The van der Waals surface area contributed by atoms with Gasteiger partial charge in [-0.2, -0.15) is 0 Å². The molecule has 1 saturated heterocycles. The molecule has 1 unspecified atom stereocenters. The van der Waals surface area contributed by atoms with Crippen LogP contribution in [0.3, 0.4) is 0 Å². The molecule has 0 aromatic carbocycles. The van der Waals surface area contributed by atoms with E-state index >= 15 is 0 Å². The highest BCUT2D eigenvalue weighted by molar-refractivity contribution is 5.84. The Morgan fingerprint density at radius 3 is 2.90 bits per heavy atom. The topological polar surface area (TPSA) is 49.4 Å². The fourth-order valence-corrected chi connectivity index (χ4v) is 2.61. The highest BCUT2D eigenvalue weighted by Crippen LogP contribution is 2.16. The molecule has 2 aliphatic rings. The highest BCUT2D eigenvalue weighted by atomic mass is 16.2. The fourth-order valence-electron chi connectivity index (χ4n) is 2.61. The molecule has 0 radical (unpaired) electrons. The van der Waals surface area contributed by atoms with E-state index in [1.165, 1.54) is 5.57 Å². The largest absolute Gasteiger partial charge is 0.350 e. The zero-order valence-electron chi connectivity index (χ0n) is 12.0. The summed E-state index contributed by atoms with van der Waals surface area (Å²) in [6.07, 6.45) is 12.9. The lowest BCUT2D eigenvalue weighted by molar-refractivity contribution is -0.130. The molecule has 2 amide bonds. The number of likely N-dealkylation sites (tertiary alicyclic amines) is 1. The summed E-state index contributed by atoms with van der Waals surface area (Å²) in [6.45, 7) is 3.36. The van der Waals surface area contributed by atoms with E-state index in [2.05, 4.69) is 36.5 Å². The molecule has 0 spiro atoms. The lowest BCUT2D eigenvalue weighted by atomic mass is 10.1. The van der Waals surface area contributed by atoms with Crippen LogP contribution in [0.2, 0.25) is 0 Å². The molecule has 1 heterocycles. The Labute approximate surface area is 120 Å². The number of hydrogen-bond donors (Lipinski definition) is 1. The minimum atomic E-state index is -0.285. The average molecular weight is 274 g/mol. The molecular weight excluding hydrogens is 252 g/mol. The van der Waals surface area contributed by atoms with Gasteiger partial charge in [0, 0.05) is 13.1 Å². The summed E-state index contributed by atoms with van der Waals surface area (Å²) < 4.78 is 0. The number of allylic oxidation sites excluding steroid dienone is 4. The van der Waals surface area contributed by atoms with Gasteiger partial charge >= 0.3 is 0 Å². The Kier molecular flexibility index (Phi) is 5.16. The molecule has 20 heavy (non-hydrogen) atoms. The van der Waals surface area contributed by atoms with E-state index in [0.717, 1.165) is 37.7 Å². The van der Waals surface area contributed by atoms with E-state index < -0.39 is 0 Å². The number of rotatable bonds is 5. The van der Waals surface area contributed by atoms with Crippen LogP contribution >= 0.6 is 0 Å². The summed E-state index contributed by atoms with van der Waals surface area (Å²) in [5, 5.41) is 2.94. The fraction of sp³-hybridized carbons (Fsp3) is 0.500. The van der Waals surface area contributed by atoms with Crippen molar-refractivity contribution in [1.29, 1.82) is 0 Å². The second kappa shape index (κ2) is 7.08. The van der Waals surface area contributed by atoms with E-state index in [1.807, 2.05) is 0 Å². The first-order chi connectivity index (χ1) is 9.74. The van der Waals surface area contributed by atoms with Crippen molar-refractivity contribution in [3.63, 3.8) is 0 Å². The molecule has 108 valence electrons. The third-order valence-corrected chi connectivity index (χ3v) is 3.88. The van der Waals surface area contributed by atoms with Crippen LogP contribution in [0.15, 0.2) is 35.5 Å². The number of carbonyl (C=O) groups is 2. The van der Waals surface area contributed by atoms with E-state index in [1.54, 1.807) is 4.90 Å². The van der Waals surface area contributed by atoms with Gasteiger partial charge in [-0.25, -0.2) is 0 Å². The third-order valence-electron chi connectivity index (χ3n) is 3.88. The summed E-state index contributed by atoms with van der Waals surface area (Å²) in [6, 6.07) is -0.285. The number of nitrogens with one attached hydrogen (secondary N) is 1. The smallest absolute Gasteiger partial charge is 0.243 e. The molecule has 4 heteroatoms. The molecule has 1 aliphatic carbocycles. The monoisotopic (exact) mass is 274 g/mol. The van der Waals surface area contributed by atoms with Crippen LogP contribution < -0.4 is 5.32 Å². The summed E-state index contributed by atoms with van der Waals surface area (Å²) in [7, 11) is 0. The van der Waals surface area contributed by atoms with Gasteiger partial charge in [-0.15, -0.1) is 0 Å². The van der Waals surface area contributed by atoms with Crippen LogP contribution in [-0.2, 0) is 9.59 Å². The molecular formula is C16H22N2O2. The number of amides is 2. The maximum absolute atomic E-state index is 12.1. The van der Waals surface area contributed by atoms with Crippen LogP contribution in [0, 0.1) is 0 Å². The second-order valence-corrected chi connectivity index (χ2v) is 5.20. The molecule has 0 aromatic rings. The van der Waals surface area contributed by atoms with E-state index in [0.29, 0.717) is 13.1 Å². The van der Waals surface area contributed by atoms with Crippen molar-refractivity contribution in [2.75, 3.05) is 13.1 Å². The summed E-state index contributed by atoms with van der Waals surface area (Å²) >= 11 is 0. The first kappa shape index (κ1) is 14.6. The summed E-state index contributed by atoms with van der Waals surface area (Å²) in [5.41, 5.74) is 2.44. The van der Waals surface area contributed by atoms with Crippen LogP contribution in [0.4, 0.5) is 0 Å². The maximum Gasteiger partial charge on any atom is 0.243 e. The van der Waals surface area contributed by atoms with Crippen molar-refractivity contribution in [1.82, 2.24) is 10.2 Å². The molecule has 1 N–H and O–H groups in total. The molecule has 0 aromatic heterocycles. The first-order valence-corrected chi connectivity index (χ1v) is 7.29. The minimum absolute atomic E-state index is 0.0446. The number of hydrogen-bond acceptors (Lipinski definition) is 2. The minimum Gasteiger partial charge on any atom is -0.350 e. The average Bonchev–Trinajstić information content (AvgIpc) is 2.83. The van der Waals surface area contributed by atoms with Crippen molar-refractivity contribution in [3.8, 4) is 0 Å². The summed E-state index contributed by atoms with van der Waals surface area (Å²) in [5.74, 6) is -0.0446. The van der Waals surface area contributed by atoms with Crippen LogP contribution in [0.1, 0.15) is 32.6 Å². The van der Waals surface area contributed by atoms with Crippen LogP contribution in [0.25, 0.3) is 0 Å². The van der Waals surface area contributed by atoms with Gasteiger partial charge in [-0.3, -0.25) is 9.59 Å². The van der Waals surface area contributed by atoms with Gasteiger partial charge in [0.05, 0.1) is 0 Å². The van der Waals surface area contributed by atoms with Crippen molar-refractivity contribution >= 4 is 12.3 Å². The number of nitrogens with zero attached hydrogens (tertiary/aromatic N) is 1. The number of carbonyl (C=O) groups excluding carboxylic acids is 2. The van der Waals surface area contributed by atoms with E-state index in [-0.39, 0.29) is 11.9 Å². The predicted octanol–water partition coefficient (Wildman–Crippen LogP) is 1.95. The standard InChI is InChI=1S/C16H22N2O2/c1-2-13-5-3-6-14(9-8-13)11-17-16(20)15-7-4-10-18(15)12-19/h5-6,8-9,12,15H,2-4,7,10-11H2,1H3,(H,17,20). The Bertz CT molecular complexity index is 463. The van der Waals surface area contributed by atoms with Crippen molar-refractivity contribution < 1.29 is 9.59 Å². The molecule has 0 bridgehead atoms. The Morgan fingerprint density at radius 2 is 2.15 bits per heavy atom. The molecule has 2 rings (SSSR count). The molecule has 1 atom stereocenters. The Morgan fingerprint density at radius 1 is 1.40 bits per heavy atom. The maximum atomic E-state index is 12.1. The molecule has 4 nitrogen and oxygen atoms in total. The van der Waals surface area contributed by atoms with E-state index in [9.17, 15) is 9.59 Å². The molecule has 1 aliphatic heterocycles. The van der Waals surface area contributed by atoms with Gasteiger partial charge in [-0.05, 0) is 31.3 Å². The van der Waals surface area contributed by atoms with Crippen molar-refractivity contribution in [2.24, 2.45) is 0 Å². The van der Waals surface area contributed by atoms with Gasteiger partial charge in [0.2, 0.25) is 12.3 Å². The van der Waals surface area contributed by atoms with Crippen molar-refractivity contribution in [2.45, 2.75) is 38.6 Å². The van der Waals surface area contributed by atoms with E-state index in [4.69, 9.17) is 0 Å². The van der Waals surface area contributed by atoms with Gasteiger partial charge in [-0.1, -0.05) is 36.8 Å². The van der Waals surface area contributed by atoms with Crippen LogP contribution in [-0.4, -0.2) is 36.3 Å². The second-order valence-electron chi connectivity index (χ2n) is 5.20. The SMILES string of the molecule is CCC1=CCC=C(CNC(=O)C2CCCN2C=O)C=C1.